The lowest BCUT2D eigenvalue weighted by molar-refractivity contribution is -0.180. The minimum Gasteiger partial charge on any atom is -0.481 e. The maximum absolute atomic E-state index is 12.2. The van der Waals surface area contributed by atoms with Gasteiger partial charge in [-0.3, -0.25) is 24.0 Å². The van der Waals surface area contributed by atoms with Crippen LogP contribution in [0.25, 0.3) is 0 Å². The molecule has 0 aromatic rings. The van der Waals surface area contributed by atoms with Crippen molar-refractivity contribution in [1.29, 1.82) is 0 Å². The molecule has 2 saturated heterocycles. The fourth-order valence-corrected chi connectivity index (χ4v) is 5.12. The number of nitrogens with zero attached hydrogens (tertiary/aromatic N) is 2. The molecule has 2 fully saturated rings. The van der Waals surface area contributed by atoms with Gasteiger partial charge in [-0.15, -0.1) is 0 Å². The van der Waals surface area contributed by atoms with Crippen LogP contribution in [0.15, 0.2) is 0 Å². The second-order valence-corrected chi connectivity index (χ2v) is 8.18. The second-order valence-electron chi connectivity index (χ2n) is 5.60. The molecule has 0 atom stereocenters. The molecule has 0 radical (unpaired) electrons. The van der Waals surface area contributed by atoms with E-state index in [1.165, 1.54) is 0 Å². The highest BCUT2D eigenvalue weighted by Crippen LogP contribution is 2.38. The topological polar surface area (TPSA) is 149 Å². The number of carboxylic acids is 2. The van der Waals surface area contributed by atoms with Crippen LogP contribution >= 0.6 is 21.6 Å². The zero-order valence-electron chi connectivity index (χ0n) is 13.5. The molecule has 0 spiro atoms. The fraction of sp³-hybridized carbons (Fsp3) is 0.571. The van der Waals surface area contributed by atoms with Gasteiger partial charge >= 0.3 is 11.9 Å². The van der Waals surface area contributed by atoms with E-state index in [-0.39, 0.29) is 37.9 Å². The highest BCUT2D eigenvalue weighted by molar-refractivity contribution is 8.76. The molecule has 12 heteroatoms. The van der Waals surface area contributed by atoms with E-state index in [1.807, 2.05) is 0 Å². The Morgan fingerprint density at radius 3 is 1.62 bits per heavy atom. The first kappa shape index (κ1) is 20.2. The van der Waals surface area contributed by atoms with Gasteiger partial charge in [-0.05, 0) is 0 Å². The summed E-state index contributed by atoms with van der Waals surface area (Å²) in [7, 11) is 1.91. The van der Waals surface area contributed by atoms with Crippen LogP contribution < -0.4 is 0 Å². The molecule has 2 heterocycles. The van der Waals surface area contributed by atoms with Crippen molar-refractivity contribution < 1.29 is 39.0 Å². The van der Waals surface area contributed by atoms with Crippen molar-refractivity contribution in [2.75, 3.05) is 11.5 Å². The minimum atomic E-state index is -2.43. The molecular formula is C14H16N2O8S2. The van der Waals surface area contributed by atoms with Gasteiger partial charge in [-0.2, -0.15) is 0 Å². The Kier molecular flexibility index (Phi) is 6.29. The zero-order chi connectivity index (χ0) is 19.5. The van der Waals surface area contributed by atoms with Crippen molar-refractivity contribution >= 4 is 57.2 Å². The lowest BCUT2D eigenvalue weighted by atomic mass is 10.1. The predicted molar refractivity (Wildman–Crippen MR) is 89.7 cm³/mol. The van der Waals surface area contributed by atoms with E-state index in [1.54, 1.807) is 0 Å². The summed E-state index contributed by atoms with van der Waals surface area (Å²) < 4.78 is 0. The molecule has 0 aliphatic carbocycles. The molecule has 2 aliphatic rings. The summed E-state index contributed by atoms with van der Waals surface area (Å²) >= 11 is 0. The summed E-state index contributed by atoms with van der Waals surface area (Å²) in [6.45, 7) is 0. The van der Waals surface area contributed by atoms with Crippen molar-refractivity contribution in [2.24, 2.45) is 0 Å². The number of carboxylic acid groups (broad SMARTS) is 2. The van der Waals surface area contributed by atoms with Gasteiger partial charge < -0.3 is 10.2 Å². The number of aliphatic carboxylic acids is 2. The number of hydrogen-bond donors (Lipinski definition) is 2. The molecule has 0 aromatic heterocycles. The average Bonchev–Trinajstić information content (AvgIpc) is 3.06. The van der Waals surface area contributed by atoms with Crippen molar-refractivity contribution in [2.45, 2.75) is 37.8 Å². The lowest BCUT2D eigenvalue weighted by Gasteiger charge is -2.41. The Bertz CT molecular complexity index is 612. The Hall–Kier alpha value is -2.08. The van der Waals surface area contributed by atoms with Crippen LogP contribution in [0.1, 0.15) is 32.1 Å². The molecule has 0 saturated carbocycles. The van der Waals surface area contributed by atoms with Crippen LogP contribution in [0, 0.1) is 0 Å². The molecule has 2 aliphatic heterocycles. The number of imide groups is 2. The number of carbonyl (C=O) groups is 6. The van der Waals surface area contributed by atoms with E-state index in [0.717, 1.165) is 21.6 Å². The highest BCUT2D eigenvalue weighted by Gasteiger charge is 2.60. The number of likely N-dealkylation sites (tertiary alicyclic amines) is 2. The maximum Gasteiger partial charge on any atom is 0.352 e. The molecule has 0 bridgehead atoms. The summed E-state index contributed by atoms with van der Waals surface area (Å²) in [6, 6.07) is 0. The van der Waals surface area contributed by atoms with Gasteiger partial charge in [0.05, 0.1) is 12.2 Å². The van der Waals surface area contributed by atoms with Gasteiger partial charge in [0.2, 0.25) is 29.3 Å². The average molecular weight is 404 g/mol. The van der Waals surface area contributed by atoms with Crippen LogP contribution in [0.5, 0.6) is 0 Å². The zero-order valence-corrected chi connectivity index (χ0v) is 15.1. The molecule has 2 N–H and O–H groups in total. The highest BCUT2D eigenvalue weighted by atomic mass is 33.1. The van der Waals surface area contributed by atoms with E-state index in [0.29, 0.717) is 9.80 Å². The van der Waals surface area contributed by atoms with Gasteiger partial charge in [0.15, 0.2) is 0 Å². The Morgan fingerprint density at radius 1 is 0.846 bits per heavy atom. The number of hydrogen-bond acceptors (Lipinski definition) is 8. The molecular weight excluding hydrogens is 388 g/mol. The standard InChI is InChI=1S/C14H16N2O8S2/c17-8-1-2-9(18)15(8)14(13(23)24,7-26-25-6-5-12(21)22)16-10(19)3-4-11(16)20/h1-7H2,(H,21,22)(H,23,24). The molecule has 2 rings (SSSR count). The van der Waals surface area contributed by atoms with E-state index < -0.39 is 47.0 Å². The summed E-state index contributed by atoms with van der Waals surface area (Å²) in [6.07, 6.45) is -0.940. The van der Waals surface area contributed by atoms with Crippen molar-refractivity contribution in [3.63, 3.8) is 0 Å². The van der Waals surface area contributed by atoms with Crippen LogP contribution in [0.4, 0.5) is 0 Å². The first-order valence-electron chi connectivity index (χ1n) is 7.63. The number of amides is 4. The predicted octanol–water partition coefficient (Wildman–Crippen LogP) is -0.0786. The van der Waals surface area contributed by atoms with Gasteiger partial charge in [0.1, 0.15) is 0 Å². The molecule has 0 unspecified atom stereocenters. The normalized spacial score (nSPS) is 18.2. The first-order valence-corrected chi connectivity index (χ1v) is 10.1. The molecule has 142 valence electrons. The summed E-state index contributed by atoms with van der Waals surface area (Å²) in [4.78, 5) is 72.4. The monoisotopic (exact) mass is 404 g/mol. The largest absolute Gasteiger partial charge is 0.481 e. The third kappa shape index (κ3) is 3.70. The summed E-state index contributed by atoms with van der Waals surface area (Å²) in [5.41, 5.74) is -2.43. The van der Waals surface area contributed by atoms with Gasteiger partial charge in [-0.1, -0.05) is 21.6 Å². The number of carbonyl (C=O) groups excluding carboxylic acids is 4. The maximum atomic E-state index is 12.2. The number of rotatable bonds is 9. The van der Waals surface area contributed by atoms with E-state index in [4.69, 9.17) is 5.11 Å². The fourth-order valence-electron chi connectivity index (χ4n) is 2.77. The van der Waals surface area contributed by atoms with Gasteiger partial charge in [0, 0.05) is 31.4 Å². The minimum absolute atomic E-state index is 0.152. The van der Waals surface area contributed by atoms with E-state index in [9.17, 15) is 33.9 Å². The van der Waals surface area contributed by atoms with Crippen molar-refractivity contribution in [3.05, 3.63) is 0 Å². The second kappa shape index (κ2) is 8.08. The molecule has 10 nitrogen and oxygen atoms in total. The third-order valence-electron chi connectivity index (χ3n) is 3.93. The Morgan fingerprint density at radius 2 is 1.27 bits per heavy atom. The third-order valence-corrected chi connectivity index (χ3v) is 6.34. The summed E-state index contributed by atoms with van der Waals surface area (Å²) in [5, 5.41) is 18.5. The van der Waals surface area contributed by atoms with Crippen LogP contribution in [-0.4, -0.2) is 72.7 Å². The SMILES string of the molecule is O=C(O)CCSSCC(C(=O)O)(N1C(=O)CCC1=O)N1C(=O)CCC1=O. The lowest BCUT2D eigenvalue weighted by Crippen LogP contribution is -2.69. The quantitative estimate of drug-likeness (QED) is 0.303. The first-order chi connectivity index (χ1) is 12.2. The van der Waals surface area contributed by atoms with Crippen LogP contribution in [0.3, 0.4) is 0 Å². The molecule has 26 heavy (non-hydrogen) atoms. The van der Waals surface area contributed by atoms with Gasteiger partial charge in [-0.25, -0.2) is 14.6 Å². The summed E-state index contributed by atoms with van der Waals surface area (Å²) in [5.74, 6) is -6.03. The Labute approximate surface area is 155 Å². The van der Waals surface area contributed by atoms with Crippen molar-refractivity contribution in [3.8, 4) is 0 Å². The molecule has 4 amide bonds. The van der Waals surface area contributed by atoms with Gasteiger partial charge in [0.25, 0.3) is 0 Å². The van der Waals surface area contributed by atoms with E-state index in [2.05, 4.69) is 0 Å². The Balaban J connectivity index is 2.35. The van der Waals surface area contributed by atoms with Crippen molar-refractivity contribution in [1.82, 2.24) is 9.80 Å². The van der Waals surface area contributed by atoms with Crippen LogP contribution in [-0.2, 0) is 28.8 Å². The van der Waals surface area contributed by atoms with Crippen LogP contribution in [0.2, 0.25) is 0 Å². The smallest absolute Gasteiger partial charge is 0.352 e. The van der Waals surface area contributed by atoms with E-state index >= 15 is 0 Å². The molecule has 0 aromatic carbocycles.